The minimum atomic E-state index is -3.51. The molecule has 3 N–H and O–H groups in total. The van der Waals surface area contributed by atoms with Gasteiger partial charge in [-0.1, -0.05) is 0 Å². The van der Waals surface area contributed by atoms with Crippen molar-refractivity contribution in [2.45, 2.75) is 24.3 Å². The van der Waals surface area contributed by atoms with Crippen molar-refractivity contribution in [3.05, 3.63) is 22.7 Å². The van der Waals surface area contributed by atoms with E-state index in [2.05, 4.69) is 15.9 Å². The molecule has 0 saturated carbocycles. The van der Waals surface area contributed by atoms with Crippen LogP contribution < -0.4 is 5.73 Å². The number of aliphatic hydroxyl groups is 1. The smallest absolute Gasteiger partial charge is 0.243 e. The van der Waals surface area contributed by atoms with Crippen LogP contribution in [0.15, 0.2) is 27.6 Å². The first-order valence-electron chi connectivity index (χ1n) is 6.05. The van der Waals surface area contributed by atoms with Gasteiger partial charge >= 0.3 is 0 Å². The fourth-order valence-electron chi connectivity index (χ4n) is 2.18. The molecule has 0 spiro atoms. The molecule has 0 amide bonds. The van der Waals surface area contributed by atoms with E-state index in [1.165, 1.54) is 16.4 Å². The Hall–Kier alpha value is -0.630. The lowest BCUT2D eigenvalue weighted by Crippen LogP contribution is -2.30. The molecule has 2 atom stereocenters. The Balaban J connectivity index is 2.26. The number of nitrogen functional groups attached to an aromatic ring is 1. The van der Waals surface area contributed by atoms with Crippen molar-refractivity contribution in [3.8, 4) is 0 Å². The zero-order chi connectivity index (χ0) is 14.2. The fourth-order valence-corrected chi connectivity index (χ4v) is 4.25. The second-order valence-electron chi connectivity index (χ2n) is 4.84. The summed E-state index contributed by atoms with van der Waals surface area (Å²) in [5, 5.41) is 9.54. The summed E-state index contributed by atoms with van der Waals surface area (Å²) in [6.07, 6.45) is 0.200. The molecule has 0 bridgehead atoms. The maximum atomic E-state index is 12.4. The molecule has 5 nitrogen and oxygen atoms in total. The lowest BCUT2D eigenvalue weighted by Gasteiger charge is -2.18. The fraction of sp³-hybridized carbons (Fsp3) is 0.500. The van der Waals surface area contributed by atoms with Crippen LogP contribution >= 0.6 is 15.9 Å². The van der Waals surface area contributed by atoms with Crippen LogP contribution in [-0.2, 0) is 10.0 Å². The van der Waals surface area contributed by atoms with Crippen LogP contribution in [0.1, 0.15) is 13.3 Å². The first-order valence-corrected chi connectivity index (χ1v) is 8.29. The summed E-state index contributed by atoms with van der Waals surface area (Å²) < 4.78 is 26.9. The summed E-state index contributed by atoms with van der Waals surface area (Å²) in [5.74, 6) is 0.00648. The third kappa shape index (κ3) is 2.94. The Morgan fingerprint density at radius 1 is 1.53 bits per heavy atom. The molecule has 0 aliphatic carbocycles. The Kier molecular flexibility index (Phi) is 4.20. The summed E-state index contributed by atoms with van der Waals surface area (Å²) in [5.41, 5.74) is 6.16. The van der Waals surface area contributed by atoms with E-state index in [1.807, 2.05) is 0 Å². The van der Waals surface area contributed by atoms with Crippen molar-refractivity contribution >= 4 is 31.6 Å². The second-order valence-corrected chi connectivity index (χ2v) is 7.63. The van der Waals surface area contributed by atoms with Gasteiger partial charge in [-0.3, -0.25) is 0 Å². The molecule has 1 fully saturated rings. The topological polar surface area (TPSA) is 83.6 Å². The average Bonchev–Trinajstić information content (AvgIpc) is 2.82. The van der Waals surface area contributed by atoms with Gasteiger partial charge in [-0.05, 0) is 53.4 Å². The van der Waals surface area contributed by atoms with Crippen LogP contribution in [0, 0.1) is 5.92 Å². The van der Waals surface area contributed by atoms with Crippen LogP contribution in [0.2, 0.25) is 0 Å². The third-order valence-corrected chi connectivity index (χ3v) is 6.03. The maximum Gasteiger partial charge on any atom is 0.243 e. The van der Waals surface area contributed by atoms with Crippen LogP contribution in [0.25, 0.3) is 0 Å². The van der Waals surface area contributed by atoms with Crippen LogP contribution in [-0.4, -0.2) is 37.0 Å². The highest BCUT2D eigenvalue weighted by molar-refractivity contribution is 9.10. The van der Waals surface area contributed by atoms with E-state index in [9.17, 15) is 13.5 Å². The highest BCUT2D eigenvalue weighted by Crippen LogP contribution is 2.29. The van der Waals surface area contributed by atoms with E-state index in [4.69, 9.17) is 5.73 Å². The third-order valence-electron chi connectivity index (χ3n) is 3.48. The highest BCUT2D eigenvalue weighted by atomic mass is 79.9. The van der Waals surface area contributed by atoms with Crippen molar-refractivity contribution in [2.24, 2.45) is 5.92 Å². The molecule has 1 aliphatic rings. The Bertz CT molecular complexity index is 574. The molecule has 0 radical (unpaired) electrons. The van der Waals surface area contributed by atoms with Gasteiger partial charge in [0.2, 0.25) is 10.0 Å². The van der Waals surface area contributed by atoms with Crippen molar-refractivity contribution in [1.29, 1.82) is 0 Å². The summed E-state index contributed by atoms with van der Waals surface area (Å²) in [6.45, 7) is 2.50. The molecular formula is C12H17BrN2O3S. The van der Waals surface area contributed by atoms with Gasteiger partial charge in [0, 0.05) is 23.2 Å². The van der Waals surface area contributed by atoms with Crippen LogP contribution in [0.4, 0.5) is 5.69 Å². The number of rotatable bonds is 3. The van der Waals surface area contributed by atoms with Crippen LogP contribution in [0.5, 0.6) is 0 Å². The number of hydrogen-bond donors (Lipinski definition) is 2. The van der Waals surface area contributed by atoms with E-state index in [0.717, 1.165) is 0 Å². The van der Waals surface area contributed by atoms with Gasteiger partial charge in [-0.2, -0.15) is 4.31 Å². The van der Waals surface area contributed by atoms with E-state index >= 15 is 0 Å². The summed E-state index contributed by atoms with van der Waals surface area (Å²) >= 11 is 3.23. The normalized spacial score (nSPS) is 22.6. The van der Waals surface area contributed by atoms with Crippen molar-refractivity contribution < 1.29 is 13.5 Å². The number of nitrogens with zero attached hydrogens (tertiary/aromatic N) is 1. The second kappa shape index (κ2) is 5.40. The number of aliphatic hydroxyl groups excluding tert-OH is 1. The Morgan fingerprint density at radius 3 is 2.74 bits per heavy atom. The predicted molar refractivity (Wildman–Crippen MR) is 77.1 cm³/mol. The van der Waals surface area contributed by atoms with Gasteiger partial charge in [-0.15, -0.1) is 0 Å². The van der Waals surface area contributed by atoms with Crippen molar-refractivity contribution in [1.82, 2.24) is 4.31 Å². The van der Waals surface area contributed by atoms with Gasteiger partial charge in [0.25, 0.3) is 0 Å². The molecule has 1 saturated heterocycles. The number of anilines is 1. The molecular weight excluding hydrogens is 332 g/mol. The lowest BCUT2D eigenvalue weighted by atomic mass is 10.0. The molecule has 106 valence electrons. The predicted octanol–water partition coefficient (Wildman–Crippen LogP) is 1.42. The van der Waals surface area contributed by atoms with Gasteiger partial charge in [0.1, 0.15) is 0 Å². The van der Waals surface area contributed by atoms with Crippen molar-refractivity contribution in [2.75, 3.05) is 18.8 Å². The standard InChI is InChI=1S/C12H17BrN2O3S/c1-8(16)9-4-5-15(7-9)19(17,18)10-2-3-12(14)11(13)6-10/h2-3,6,8-9,16H,4-5,7,14H2,1H3. The molecule has 1 aromatic rings. The molecule has 7 heteroatoms. The molecule has 0 aromatic heterocycles. The van der Waals surface area contributed by atoms with Gasteiger partial charge in [-0.25, -0.2) is 8.42 Å². The zero-order valence-corrected chi connectivity index (χ0v) is 13.0. The minimum absolute atomic E-state index is 0.00648. The van der Waals surface area contributed by atoms with Crippen LogP contribution in [0.3, 0.4) is 0 Å². The number of sulfonamides is 1. The van der Waals surface area contributed by atoms with E-state index in [1.54, 1.807) is 13.0 Å². The summed E-state index contributed by atoms with van der Waals surface area (Å²) in [7, 11) is -3.51. The van der Waals surface area contributed by atoms with E-state index < -0.39 is 16.1 Å². The quantitative estimate of drug-likeness (QED) is 0.809. The zero-order valence-electron chi connectivity index (χ0n) is 10.6. The molecule has 19 heavy (non-hydrogen) atoms. The number of benzene rings is 1. The minimum Gasteiger partial charge on any atom is -0.398 e. The molecule has 1 aliphatic heterocycles. The largest absolute Gasteiger partial charge is 0.398 e. The average molecular weight is 349 g/mol. The van der Waals surface area contributed by atoms with E-state index in [0.29, 0.717) is 29.7 Å². The lowest BCUT2D eigenvalue weighted by molar-refractivity contribution is 0.133. The van der Waals surface area contributed by atoms with Gasteiger partial charge in [0.15, 0.2) is 0 Å². The van der Waals surface area contributed by atoms with Crippen molar-refractivity contribution in [3.63, 3.8) is 0 Å². The molecule has 2 rings (SSSR count). The monoisotopic (exact) mass is 348 g/mol. The number of nitrogens with two attached hydrogens (primary N) is 1. The summed E-state index contributed by atoms with van der Waals surface area (Å²) in [6, 6.07) is 4.59. The summed E-state index contributed by atoms with van der Waals surface area (Å²) in [4.78, 5) is 0.222. The Morgan fingerprint density at radius 2 is 2.21 bits per heavy atom. The molecule has 1 heterocycles. The number of hydrogen-bond acceptors (Lipinski definition) is 4. The van der Waals surface area contributed by atoms with Gasteiger partial charge < -0.3 is 10.8 Å². The highest BCUT2D eigenvalue weighted by Gasteiger charge is 2.34. The van der Waals surface area contributed by atoms with E-state index in [-0.39, 0.29) is 10.8 Å². The first-order chi connectivity index (χ1) is 8.82. The first kappa shape index (κ1) is 14.8. The van der Waals surface area contributed by atoms with Gasteiger partial charge in [0.05, 0.1) is 11.0 Å². The molecule has 1 aromatic carbocycles. The molecule has 2 unspecified atom stereocenters. The Labute approximate surface area is 121 Å². The SMILES string of the molecule is CC(O)C1CCN(S(=O)(=O)c2ccc(N)c(Br)c2)C1. The maximum absolute atomic E-state index is 12.4. The number of halogens is 1.